The van der Waals surface area contributed by atoms with E-state index in [1.54, 1.807) is 12.1 Å². The molecule has 1 N–H and O–H groups in total. The van der Waals surface area contributed by atoms with Crippen LogP contribution in [0.2, 0.25) is 0 Å². The molecule has 1 spiro atoms. The second kappa shape index (κ2) is 9.47. The maximum Gasteiger partial charge on any atom is 0.416 e. The Morgan fingerprint density at radius 3 is 2.00 bits per heavy atom. The number of aliphatic carboxylic acids is 1. The number of carboxylic acid groups (broad SMARTS) is 1. The maximum atomic E-state index is 14.0. The van der Waals surface area contributed by atoms with Crippen LogP contribution in [0.4, 0.5) is 17.6 Å². The highest BCUT2D eigenvalue weighted by Crippen LogP contribution is 2.55. The first-order chi connectivity index (χ1) is 18.6. The zero-order valence-electron chi connectivity index (χ0n) is 21.6. The quantitative estimate of drug-likeness (QED) is 0.324. The molecule has 0 radical (unpaired) electrons. The van der Waals surface area contributed by atoms with Gasteiger partial charge in [-0.15, -0.1) is 0 Å². The summed E-state index contributed by atoms with van der Waals surface area (Å²) in [5, 5.41) is 10.3. The topological polar surface area (TPSA) is 40.5 Å². The average Bonchev–Trinajstić information content (AvgIpc) is 3.64. The first kappa shape index (κ1) is 26.1. The molecule has 2 aliphatic carbocycles. The van der Waals surface area contributed by atoms with E-state index in [2.05, 4.69) is 4.90 Å². The van der Waals surface area contributed by atoms with E-state index in [1.165, 1.54) is 37.1 Å². The second-order valence-corrected chi connectivity index (χ2v) is 11.6. The van der Waals surface area contributed by atoms with Crippen LogP contribution in [0.1, 0.15) is 73.2 Å². The van der Waals surface area contributed by atoms with E-state index in [0.29, 0.717) is 34.9 Å². The Hall–Kier alpha value is -3.19. The fourth-order valence-electron chi connectivity index (χ4n) is 6.64. The van der Waals surface area contributed by atoms with Gasteiger partial charge in [-0.1, -0.05) is 48.9 Å². The normalized spacial score (nSPS) is 20.8. The highest BCUT2D eigenvalue weighted by Gasteiger charge is 2.49. The Bertz CT molecular complexity index is 1360. The van der Waals surface area contributed by atoms with Crippen molar-refractivity contribution in [2.45, 2.75) is 62.6 Å². The Morgan fingerprint density at radius 1 is 0.846 bits per heavy atom. The molecule has 2 saturated carbocycles. The van der Waals surface area contributed by atoms with Gasteiger partial charge in [-0.25, -0.2) is 4.39 Å². The largest absolute Gasteiger partial charge is 0.481 e. The number of carboxylic acids is 1. The number of alkyl halides is 3. The first-order valence-electron chi connectivity index (χ1n) is 13.7. The molecule has 3 aliphatic rings. The van der Waals surface area contributed by atoms with Crippen molar-refractivity contribution >= 4 is 5.97 Å². The van der Waals surface area contributed by atoms with Crippen LogP contribution >= 0.6 is 0 Å². The summed E-state index contributed by atoms with van der Waals surface area (Å²) in [5.41, 5.74) is 2.20. The van der Waals surface area contributed by atoms with E-state index < -0.39 is 23.1 Å². The molecule has 7 heteroatoms. The van der Waals surface area contributed by atoms with Gasteiger partial charge < -0.3 is 5.11 Å². The number of hydrogen-bond donors (Lipinski definition) is 1. The van der Waals surface area contributed by atoms with Gasteiger partial charge in [0.25, 0.3) is 0 Å². The lowest BCUT2D eigenvalue weighted by Crippen LogP contribution is -2.43. The number of nitrogens with zero attached hydrogens (tertiary/aromatic N) is 1. The molecule has 6 rings (SSSR count). The van der Waals surface area contributed by atoms with Gasteiger partial charge in [-0.2, -0.15) is 13.2 Å². The van der Waals surface area contributed by atoms with Crippen LogP contribution in [0.15, 0.2) is 66.7 Å². The average molecular weight is 538 g/mol. The summed E-state index contributed by atoms with van der Waals surface area (Å²) in [6.45, 7) is 1.70. The SMILES string of the molecule is O=C(O)C1(c2cccc(C(c3ccc(F)cc3)N3CCC4(CC3)CC4)c2-c2ccc(C(F)(F)F)cc2)CCC1. The van der Waals surface area contributed by atoms with Crippen LogP contribution in [-0.4, -0.2) is 29.1 Å². The molecule has 3 fully saturated rings. The lowest BCUT2D eigenvalue weighted by Gasteiger charge is -2.42. The van der Waals surface area contributed by atoms with Gasteiger partial charge in [0.2, 0.25) is 0 Å². The Balaban J connectivity index is 1.54. The third-order valence-corrected chi connectivity index (χ3v) is 9.39. The van der Waals surface area contributed by atoms with Gasteiger partial charge >= 0.3 is 12.1 Å². The van der Waals surface area contributed by atoms with Gasteiger partial charge in [0.1, 0.15) is 5.82 Å². The second-order valence-electron chi connectivity index (χ2n) is 11.6. The minimum atomic E-state index is -4.47. The van der Waals surface area contributed by atoms with E-state index in [4.69, 9.17) is 0 Å². The van der Waals surface area contributed by atoms with Gasteiger partial charge in [0.15, 0.2) is 0 Å². The fraction of sp³-hybridized carbons (Fsp3) is 0.406. The van der Waals surface area contributed by atoms with E-state index in [0.717, 1.165) is 55.6 Å². The number of likely N-dealkylation sites (tertiary alicyclic amines) is 1. The number of halogens is 4. The minimum absolute atomic E-state index is 0.287. The molecular formula is C32H31F4NO2. The zero-order chi connectivity index (χ0) is 27.4. The Kier molecular flexibility index (Phi) is 6.33. The molecule has 0 aromatic heterocycles. The third kappa shape index (κ3) is 4.65. The standard InChI is InChI=1S/C32H31F4NO2/c33-24-11-7-22(8-12-24)28(37-19-17-30(15-16-30)18-20-37)25-3-1-4-26(31(29(38)39)13-2-14-31)27(25)21-5-9-23(10-6-21)32(34,35)36/h1,3-12,28H,2,13-20H2,(H,38,39). The highest BCUT2D eigenvalue weighted by molar-refractivity contribution is 5.88. The van der Waals surface area contributed by atoms with E-state index in [1.807, 2.05) is 18.2 Å². The van der Waals surface area contributed by atoms with Crippen LogP contribution in [0.25, 0.3) is 11.1 Å². The molecule has 1 unspecified atom stereocenters. The predicted molar refractivity (Wildman–Crippen MR) is 141 cm³/mol. The molecular weight excluding hydrogens is 506 g/mol. The molecule has 1 aliphatic heterocycles. The minimum Gasteiger partial charge on any atom is -0.481 e. The molecule has 204 valence electrons. The van der Waals surface area contributed by atoms with Gasteiger partial charge in [0.05, 0.1) is 17.0 Å². The number of piperidine rings is 1. The van der Waals surface area contributed by atoms with Crippen molar-refractivity contribution in [3.8, 4) is 11.1 Å². The summed E-state index contributed by atoms with van der Waals surface area (Å²) in [7, 11) is 0. The van der Waals surface area contributed by atoms with E-state index >= 15 is 0 Å². The molecule has 3 nitrogen and oxygen atoms in total. The van der Waals surface area contributed by atoms with E-state index in [-0.39, 0.29) is 11.9 Å². The molecule has 0 amide bonds. The van der Waals surface area contributed by atoms with Crippen molar-refractivity contribution < 1.29 is 27.5 Å². The molecule has 3 aromatic rings. The van der Waals surface area contributed by atoms with Crippen LogP contribution in [0, 0.1) is 11.2 Å². The molecule has 0 bridgehead atoms. The van der Waals surface area contributed by atoms with Crippen LogP contribution in [0.5, 0.6) is 0 Å². The monoisotopic (exact) mass is 537 g/mol. The maximum absolute atomic E-state index is 14.0. The summed E-state index contributed by atoms with van der Waals surface area (Å²) in [5.74, 6) is -1.25. The van der Waals surface area contributed by atoms with Crippen molar-refractivity contribution in [2.75, 3.05) is 13.1 Å². The lowest BCUT2D eigenvalue weighted by atomic mass is 9.62. The van der Waals surface area contributed by atoms with Gasteiger partial charge in [-0.3, -0.25) is 9.69 Å². The summed E-state index contributed by atoms with van der Waals surface area (Å²) < 4.78 is 54.2. The molecule has 1 heterocycles. The van der Waals surface area contributed by atoms with Crippen molar-refractivity contribution in [1.29, 1.82) is 0 Å². The third-order valence-electron chi connectivity index (χ3n) is 9.39. The zero-order valence-corrected chi connectivity index (χ0v) is 21.6. The van der Waals surface area contributed by atoms with Crippen molar-refractivity contribution in [2.24, 2.45) is 5.41 Å². The van der Waals surface area contributed by atoms with Crippen molar-refractivity contribution in [3.63, 3.8) is 0 Å². The summed E-state index contributed by atoms with van der Waals surface area (Å²) in [4.78, 5) is 15.0. The van der Waals surface area contributed by atoms with Crippen molar-refractivity contribution in [1.82, 2.24) is 4.90 Å². The smallest absolute Gasteiger partial charge is 0.416 e. The molecule has 39 heavy (non-hydrogen) atoms. The summed E-state index contributed by atoms with van der Waals surface area (Å²) in [6.07, 6.45) is 1.89. The number of rotatable bonds is 6. The van der Waals surface area contributed by atoms with Crippen molar-refractivity contribution in [3.05, 3.63) is 94.8 Å². The molecule has 1 atom stereocenters. The molecule has 3 aromatic carbocycles. The van der Waals surface area contributed by atoms with E-state index in [9.17, 15) is 27.5 Å². The van der Waals surface area contributed by atoms with Gasteiger partial charge in [-0.05, 0) is 109 Å². The van der Waals surface area contributed by atoms with Gasteiger partial charge in [0, 0.05) is 0 Å². The molecule has 1 saturated heterocycles. The lowest BCUT2D eigenvalue weighted by molar-refractivity contribution is -0.147. The fourth-order valence-corrected chi connectivity index (χ4v) is 6.64. The Labute approximate surface area is 225 Å². The predicted octanol–water partition coefficient (Wildman–Crippen LogP) is 7.98. The first-order valence-corrected chi connectivity index (χ1v) is 13.7. The summed E-state index contributed by atoms with van der Waals surface area (Å²) >= 11 is 0. The number of carbonyl (C=O) groups is 1. The highest BCUT2D eigenvalue weighted by atomic mass is 19.4. The van der Waals surface area contributed by atoms with Crippen LogP contribution in [-0.2, 0) is 16.4 Å². The van der Waals surface area contributed by atoms with Crippen LogP contribution in [0.3, 0.4) is 0 Å². The van der Waals surface area contributed by atoms with Crippen LogP contribution < -0.4 is 0 Å². The Morgan fingerprint density at radius 2 is 1.49 bits per heavy atom. The number of hydrogen-bond acceptors (Lipinski definition) is 2. The number of benzene rings is 3. The summed E-state index contributed by atoms with van der Waals surface area (Å²) in [6, 6.07) is 16.8.